The van der Waals surface area contributed by atoms with Gasteiger partial charge < -0.3 is 15.6 Å². The molecule has 100 valence electrons. The minimum Gasteiger partial charge on any atom is -0.358 e. The molecule has 3 N–H and O–H groups in total. The SMILES string of the molecule is Cc1nc(NC(C)C(=O)NCC(C)C)cc(=O)[nH]1. The Morgan fingerprint density at radius 1 is 1.44 bits per heavy atom. The number of carbonyl (C=O) groups is 1. The molecule has 0 aromatic carbocycles. The average molecular weight is 252 g/mol. The van der Waals surface area contributed by atoms with E-state index in [0.717, 1.165) is 0 Å². The number of rotatable bonds is 5. The summed E-state index contributed by atoms with van der Waals surface area (Å²) in [5.41, 5.74) is -0.236. The van der Waals surface area contributed by atoms with Crippen molar-refractivity contribution in [3.05, 3.63) is 22.2 Å². The van der Waals surface area contributed by atoms with Crippen molar-refractivity contribution in [2.24, 2.45) is 5.92 Å². The highest BCUT2D eigenvalue weighted by Crippen LogP contribution is 2.01. The predicted molar refractivity (Wildman–Crippen MR) is 70.5 cm³/mol. The van der Waals surface area contributed by atoms with Gasteiger partial charge in [0.1, 0.15) is 17.7 Å². The first-order valence-electron chi connectivity index (χ1n) is 6.00. The van der Waals surface area contributed by atoms with E-state index >= 15 is 0 Å². The van der Waals surface area contributed by atoms with Crippen molar-refractivity contribution >= 4 is 11.7 Å². The fourth-order valence-corrected chi connectivity index (χ4v) is 1.40. The minimum absolute atomic E-state index is 0.108. The van der Waals surface area contributed by atoms with Gasteiger partial charge in [-0.05, 0) is 19.8 Å². The van der Waals surface area contributed by atoms with Gasteiger partial charge in [0.05, 0.1) is 0 Å². The summed E-state index contributed by atoms with van der Waals surface area (Å²) in [5, 5.41) is 5.72. The first-order valence-corrected chi connectivity index (χ1v) is 6.00. The summed E-state index contributed by atoms with van der Waals surface area (Å²) >= 11 is 0. The van der Waals surface area contributed by atoms with Crippen LogP contribution in [-0.4, -0.2) is 28.5 Å². The molecule has 6 nitrogen and oxygen atoms in total. The molecule has 1 heterocycles. The molecule has 0 saturated carbocycles. The number of aryl methyl sites for hydroxylation is 1. The lowest BCUT2D eigenvalue weighted by atomic mass is 10.2. The first-order chi connectivity index (χ1) is 8.38. The number of hydrogen-bond acceptors (Lipinski definition) is 4. The maximum atomic E-state index is 11.7. The fourth-order valence-electron chi connectivity index (χ4n) is 1.40. The summed E-state index contributed by atoms with van der Waals surface area (Å²) < 4.78 is 0. The lowest BCUT2D eigenvalue weighted by Crippen LogP contribution is -2.39. The maximum Gasteiger partial charge on any atom is 0.252 e. The number of amides is 1. The lowest BCUT2D eigenvalue weighted by molar-refractivity contribution is -0.121. The summed E-state index contributed by atoms with van der Waals surface area (Å²) in [7, 11) is 0. The second-order valence-electron chi connectivity index (χ2n) is 4.72. The molecule has 0 saturated heterocycles. The molecule has 0 spiro atoms. The van der Waals surface area contributed by atoms with Crippen molar-refractivity contribution in [3.8, 4) is 0 Å². The zero-order valence-corrected chi connectivity index (χ0v) is 11.2. The second-order valence-corrected chi connectivity index (χ2v) is 4.72. The van der Waals surface area contributed by atoms with E-state index in [1.807, 2.05) is 13.8 Å². The number of aromatic amines is 1. The molecule has 0 aliphatic rings. The van der Waals surface area contributed by atoms with Crippen molar-refractivity contribution in [2.45, 2.75) is 33.7 Å². The Labute approximate surface area is 106 Å². The van der Waals surface area contributed by atoms with E-state index in [1.165, 1.54) is 6.07 Å². The number of H-pyrrole nitrogens is 1. The second kappa shape index (κ2) is 6.18. The number of nitrogens with one attached hydrogen (secondary N) is 3. The largest absolute Gasteiger partial charge is 0.358 e. The summed E-state index contributed by atoms with van der Waals surface area (Å²) in [4.78, 5) is 29.6. The number of carbonyl (C=O) groups excluding carboxylic acids is 1. The van der Waals surface area contributed by atoms with Crippen LogP contribution in [0.5, 0.6) is 0 Å². The van der Waals surface area contributed by atoms with Crippen LogP contribution in [0, 0.1) is 12.8 Å². The fraction of sp³-hybridized carbons (Fsp3) is 0.583. The Kier molecular flexibility index (Phi) is 4.88. The standard InChI is InChI=1S/C12H20N4O2/c1-7(2)6-13-12(18)8(3)14-10-5-11(17)16-9(4)15-10/h5,7-8H,6H2,1-4H3,(H,13,18)(H2,14,15,16,17). The van der Waals surface area contributed by atoms with Gasteiger partial charge in [0.2, 0.25) is 5.91 Å². The van der Waals surface area contributed by atoms with E-state index in [1.54, 1.807) is 13.8 Å². The van der Waals surface area contributed by atoms with E-state index < -0.39 is 6.04 Å². The van der Waals surface area contributed by atoms with E-state index in [0.29, 0.717) is 24.1 Å². The summed E-state index contributed by atoms with van der Waals surface area (Å²) in [6, 6.07) is 0.900. The van der Waals surface area contributed by atoms with Gasteiger partial charge in [0.15, 0.2) is 0 Å². The highest BCUT2D eigenvalue weighted by Gasteiger charge is 2.13. The quantitative estimate of drug-likeness (QED) is 0.718. The average Bonchev–Trinajstić information content (AvgIpc) is 2.24. The Morgan fingerprint density at radius 2 is 2.11 bits per heavy atom. The number of nitrogens with zero attached hydrogens (tertiary/aromatic N) is 1. The van der Waals surface area contributed by atoms with Crippen molar-refractivity contribution in [1.82, 2.24) is 15.3 Å². The molecule has 1 amide bonds. The van der Waals surface area contributed by atoms with Gasteiger partial charge in [0.25, 0.3) is 5.56 Å². The monoisotopic (exact) mass is 252 g/mol. The van der Waals surface area contributed by atoms with E-state index in [2.05, 4.69) is 20.6 Å². The molecule has 1 aromatic rings. The van der Waals surface area contributed by atoms with Crippen molar-refractivity contribution in [1.29, 1.82) is 0 Å². The highest BCUT2D eigenvalue weighted by atomic mass is 16.2. The van der Waals surface area contributed by atoms with Crippen LogP contribution >= 0.6 is 0 Å². The van der Waals surface area contributed by atoms with Crippen molar-refractivity contribution in [3.63, 3.8) is 0 Å². The van der Waals surface area contributed by atoms with Crippen molar-refractivity contribution < 1.29 is 4.79 Å². The van der Waals surface area contributed by atoms with Gasteiger partial charge in [-0.15, -0.1) is 0 Å². The summed E-state index contributed by atoms with van der Waals surface area (Å²) in [5.74, 6) is 1.22. The molecule has 0 bridgehead atoms. The topological polar surface area (TPSA) is 86.9 Å². The van der Waals surface area contributed by atoms with Crippen LogP contribution in [0.25, 0.3) is 0 Å². The third kappa shape index (κ3) is 4.57. The van der Waals surface area contributed by atoms with Gasteiger partial charge in [-0.3, -0.25) is 9.59 Å². The van der Waals surface area contributed by atoms with Gasteiger partial charge in [-0.25, -0.2) is 4.98 Å². The van der Waals surface area contributed by atoms with Gasteiger partial charge in [-0.2, -0.15) is 0 Å². The molecular formula is C12H20N4O2. The lowest BCUT2D eigenvalue weighted by Gasteiger charge is -2.15. The van der Waals surface area contributed by atoms with Crippen LogP contribution in [-0.2, 0) is 4.79 Å². The number of anilines is 1. The molecule has 6 heteroatoms. The Hall–Kier alpha value is -1.85. The summed E-state index contributed by atoms with van der Waals surface area (Å²) in [6.07, 6.45) is 0. The predicted octanol–water partition coefficient (Wildman–Crippen LogP) is 0.651. The zero-order chi connectivity index (χ0) is 13.7. The first kappa shape index (κ1) is 14.2. The molecule has 1 unspecified atom stereocenters. The molecule has 1 rings (SSSR count). The normalized spacial score (nSPS) is 12.3. The number of hydrogen-bond donors (Lipinski definition) is 3. The van der Waals surface area contributed by atoms with Crippen LogP contribution < -0.4 is 16.2 Å². The van der Waals surface area contributed by atoms with Crippen LogP contribution in [0.2, 0.25) is 0 Å². The molecule has 1 atom stereocenters. The smallest absolute Gasteiger partial charge is 0.252 e. The van der Waals surface area contributed by atoms with E-state index in [4.69, 9.17) is 0 Å². The highest BCUT2D eigenvalue weighted by molar-refractivity contribution is 5.83. The molecule has 18 heavy (non-hydrogen) atoms. The third-order valence-corrected chi connectivity index (χ3v) is 2.30. The number of aromatic nitrogens is 2. The molecule has 0 aliphatic heterocycles. The molecule has 0 radical (unpaired) electrons. The van der Waals surface area contributed by atoms with Gasteiger partial charge in [-0.1, -0.05) is 13.8 Å². The van der Waals surface area contributed by atoms with E-state index in [-0.39, 0.29) is 11.5 Å². The Bertz CT molecular complexity index is 467. The van der Waals surface area contributed by atoms with Crippen LogP contribution in [0.4, 0.5) is 5.82 Å². The Balaban J connectivity index is 2.60. The van der Waals surface area contributed by atoms with Crippen LogP contribution in [0.3, 0.4) is 0 Å². The minimum atomic E-state index is -0.433. The van der Waals surface area contributed by atoms with Gasteiger partial charge >= 0.3 is 0 Å². The molecule has 0 aliphatic carbocycles. The van der Waals surface area contributed by atoms with Gasteiger partial charge in [0, 0.05) is 12.6 Å². The van der Waals surface area contributed by atoms with Crippen LogP contribution in [0.1, 0.15) is 26.6 Å². The van der Waals surface area contributed by atoms with Crippen molar-refractivity contribution in [2.75, 3.05) is 11.9 Å². The molecular weight excluding hydrogens is 232 g/mol. The summed E-state index contributed by atoms with van der Waals surface area (Å²) in [6.45, 7) is 8.11. The third-order valence-electron chi connectivity index (χ3n) is 2.30. The maximum absolute atomic E-state index is 11.7. The molecule has 1 aromatic heterocycles. The zero-order valence-electron chi connectivity index (χ0n) is 11.2. The Morgan fingerprint density at radius 3 is 2.67 bits per heavy atom. The van der Waals surface area contributed by atoms with Crippen LogP contribution in [0.15, 0.2) is 10.9 Å². The molecule has 0 fully saturated rings. The van der Waals surface area contributed by atoms with E-state index in [9.17, 15) is 9.59 Å².